The van der Waals surface area contributed by atoms with Crippen LogP contribution in [0.1, 0.15) is 32.3 Å². The second-order valence-corrected chi connectivity index (χ2v) is 7.64. The Morgan fingerprint density at radius 1 is 0.969 bits per heavy atom. The van der Waals surface area contributed by atoms with E-state index in [1.807, 2.05) is 30.3 Å². The molecule has 7 N–H and O–H groups in total. The van der Waals surface area contributed by atoms with Gasteiger partial charge in [0.15, 0.2) is 0 Å². The molecular formula is C21H30N4O7. The van der Waals surface area contributed by atoms with E-state index in [1.54, 1.807) is 13.8 Å². The van der Waals surface area contributed by atoms with Gasteiger partial charge in [-0.05, 0) is 24.3 Å². The van der Waals surface area contributed by atoms with E-state index < -0.39 is 66.7 Å². The van der Waals surface area contributed by atoms with Gasteiger partial charge in [0, 0.05) is 6.42 Å². The van der Waals surface area contributed by atoms with Gasteiger partial charge in [0.25, 0.3) is 0 Å². The van der Waals surface area contributed by atoms with Crippen LogP contribution in [0.2, 0.25) is 0 Å². The number of hydrogen-bond donors (Lipinski definition) is 6. The third kappa shape index (κ3) is 9.56. The molecule has 1 rings (SSSR count). The van der Waals surface area contributed by atoms with E-state index in [4.69, 9.17) is 10.8 Å². The molecule has 0 radical (unpaired) electrons. The van der Waals surface area contributed by atoms with E-state index in [1.165, 1.54) is 0 Å². The summed E-state index contributed by atoms with van der Waals surface area (Å²) in [5.74, 6) is -4.93. The third-order valence-electron chi connectivity index (χ3n) is 4.59. The second-order valence-electron chi connectivity index (χ2n) is 7.64. The quantitative estimate of drug-likeness (QED) is 0.226. The number of nitrogens with one attached hydrogen (secondary N) is 3. The highest BCUT2D eigenvalue weighted by molar-refractivity contribution is 5.92. The zero-order valence-electron chi connectivity index (χ0n) is 18.0. The average molecular weight is 450 g/mol. The summed E-state index contributed by atoms with van der Waals surface area (Å²) >= 11 is 0. The SMILES string of the molecule is CC(C)C(NC(=O)CNC(=O)C(N)Cc1ccccc1)C(=O)NC(CCC(=O)O)C(=O)O. The Bertz CT molecular complexity index is 814. The van der Waals surface area contributed by atoms with Crippen LogP contribution in [0.25, 0.3) is 0 Å². The number of nitrogens with two attached hydrogens (primary N) is 1. The number of carboxylic acid groups (broad SMARTS) is 2. The molecule has 0 saturated carbocycles. The van der Waals surface area contributed by atoms with Crippen molar-refractivity contribution >= 4 is 29.7 Å². The van der Waals surface area contributed by atoms with Gasteiger partial charge in [0.05, 0.1) is 12.6 Å². The molecule has 0 spiro atoms. The van der Waals surface area contributed by atoms with E-state index in [-0.39, 0.29) is 12.8 Å². The van der Waals surface area contributed by atoms with Crippen molar-refractivity contribution in [1.29, 1.82) is 0 Å². The first-order valence-electron chi connectivity index (χ1n) is 10.1. The number of amides is 3. The van der Waals surface area contributed by atoms with E-state index in [2.05, 4.69) is 16.0 Å². The highest BCUT2D eigenvalue weighted by Gasteiger charge is 2.29. The van der Waals surface area contributed by atoms with Crippen molar-refractivity contribution in [3.63, 3.8) is 0 Å². The number of rotatable bonds is 13. The Hall–Kier alpha value is -3.47. The van der Waals surface area contributed by atoms with Crippen LogP contribution in [-0.4, -0.2) is 64.5 Å². The van der Waals surface area contributed by atoms with Crippen LogP contribution >= 0.6 is 0 Å². The van der Waals surface area contributed by atoms with Gasteiger partial charge in [0.1, 0.15) is 12.1 Å². The molecule has 3 unspecified atom stereocenters. The van der Waals surface area contributed by atoms with Gasteiger partial charge in [-0.15, -0.1) is 0 Å². The van der Waals surface area contributed by atoms with Gasteiger partial charge in [0.2, 0.25) is 17.7 Å². The molecule has 3 atom stereocenters. The summed E-state index contributed by atoms with van der Waals surface area (Å²) < 4.78 is 0. The van der Waals surface area contributed by atoms with Crippen LogP contribution in [0.4, 0.5) is 0 Å². The zero-order valence-corrected chi connectivity index (χ0v) is 18.0. The number of carboxylic acids is 2. The standard InChI is InChI=1S/C21H30N4O7/c1-12(2)18(20(30)24-15(21(31)32)8-9-17(27)28)25-16(26)11-23-19(29)14(22)10-13-6-4-3-5-7-13/h3-7,12,14-15,18H,8-11,22H2,1-2H3,(H,23,29)(H,24,30)(H,25,26)(H,27,28)(H,31,32). The molecule has 11 nitrogen and oxygen atoms in total. The molecule has 1 aromatic rings. The first kappa shape index (κ1) is 26.6. The molecule has 0 aliphatic heterocycles. The van der Waals surface area contributed by atoms with Crippen molar-refractivity contribution in [3.05, 3.63) is 35.9 Å². The lowest BCUT2D eigenvalue weighted by Gasteiger charge is -2.24. The largest absolute Gasteiger partial charge is 0.481 e. The minimum Gasteiger partial charge on any atom is -0.481 e. The molecule has 0 aliphatic carbocycles. The Labute approximate surface area is 185 Å². The molecule has 0 saturated heterocycles. The molecule has 0 aliphatic rings. The minimum atomic E-state index is -1.41. The summed E-state index contributed by atoms with van der Waals surface area (Å²) in [7, 11) is 0. The monoisotopic (exact) mass is 450 g/mol. The normalized spacial score (nSPS) is 13.5. The molecule has 0 heterocycles. The fourth-order valence-corrected chi connectivity index (χ4v) is 2.81. The molecule has 0 fully saturated rings. The van der Waals surface area contributed by atoms with Crippen LogP contribution < -0.4 is 21.7 Å². The van der Waals surface area contributed by atoms with Crippen LogP contribution in [0.3, 0.4) is 0 Å². The molecule has 1 aromatic carbocycles. The van der Waals surface area contributed by atoms with Gasteiger partial charge >= 0.3 is 11.9 Å². The predicted octanol–water partition coefficient (Wildman–Crippen LogP) is -0.752. The first-order chi connectivity index (χ1) is 15.0. The smallest absolute Gasteiger partial charge is 0.326 e. The van der Waals surface area contributed by atoms with Crippen molar-refractivity contribution in [2.75, 3.05) is 6.54 Å². The van der Waals surface area contributed by atoms with Gasteiger partial charge in [-0.2, -0.15) is 0 Å². The highest BCUT2D eigenvalue weighted by Crippen LogP contribution is 2.05. The van der Waals surface area contributed by atoms with Crippen LogP contribution in [-0.2, 0) is 30.4 Å². The number of carbonyl (C=O) groups excluding carboxylic acids is 3. The molecule has 176 valence electrons. The number of benzene rings is 1. The fourth-order valence-electron chi connectivity index (χ4n) is 2.81. The van der Waals surface area contributed by atoms with Crippen molar-refractivity contribution < 1.29 is 34.2 Å². The van der Waals surface area contributed by atoms with Crippen molar-refractivity contribution in [1.82, 2.24) is 16.0 Å². The van der Waals surface area contributed by atoms with Crippen LogP contribution in [0.15, 0.2) is 30.3 Å². The van der Waals surface area contributed by atoms with Crippen molar-refractivity contribution in [2.45, 2.75) is 51.2 Å². The average Bonchev–Trinajstić information content (AvgIpc) is 2.73. The Morgan fingerprint density at radius 2 is 1.59 bits per heavy atom. The zero-order chi connectivity index (χ0) is 24.3. The predicted molar refractivity (Wildman–Crippen MR) is 114 cm³/mol. The summed E-state index contributed by atoms with van der Waals surface area (Å²) in [6, 6.07) is 5.78. The Morgan fingerprint density at radius 3 is 2.12 bits per heavy atom. The maximum atomic E-state index is 12.5. The van der Waals surface area contributed by atoms with E-state index in [0.717, 1.165) is 5.56 Å². The van der Waals surface area contributed by atoms with Gasteiger partial charge in [-0.1, -0.05) is 44.2 Å². The van der Waals surface area contributed by atoms with E-state index in [0.29, 0.717) is 0 Å². The minimum absolute atomic E-state index is 0.290. The maximum absolute atomic E-state index is 12.5. The lowest BCUT2D eigenvalue weighted by molar-refractivity contribution is -0.143. The fraction of sp³-hybridized carbons (Fsp3) is 0.476. The van der Waals surface area contributed by atoms with Crippen molar-refractivity contribution in [3.8, 4) is 0 Å². The summed E-state index contributed by atoms with van der Waals surface area (Å²) in [6.45, 7) is 2.87. The number of aliphatic carboxylic acids is 2. The van der Waals surface area contributed by atoms with Gasteiger partial charge < -0.3 is 31.9 Å². The number of hydrogen-bond acceptors (Lipinski definition) is 6. The van der Waals surface area contributed by atoms with Crippen LogP contribution in [0.5, 0.6) is 0 Å². The lowest BCUT2D eigenvalue weighted by Crippen LogP contribution is -2.55. The lowest BCUT2D eigenvalue weighted by atomic mass is 10.0. The van der Waals surface area contributed by atoms with E-state index in [9.17, 15) is 29.1 Å². The molecule has 11 heteroatoms. The summed E-state index contributed by atoms with van der Waals surface area (Å²) in [4.78, 5) is 58.8. The van der Waals surface area contributed by atoms with Gasteiger partial charge in [-0.3, -0.25) is 19.2 Å². The maximum Gasteiger partial charge on any atom is 0.326 e. The molecule has 3 amide bonds. The van der Waals surface area contributed by atoms with Crippen molar-refractivity contribution in [2.24, 2.45) is 11.7 Å². The number of carbonyl (C=O) groups is 5. The first-order valence-corrected chi connectivity index (χ1v) is 10.1. The van der Waals surface area contributed by atoms with E-state index >= 15 is 0 Å². The summed E-state index contributed by atoms with van der Waals surface area (Å²) in [5.41, 5.74) is 6.73. The van der Waals surface area contributed by atoms with Crippen LogP contribution in [0, 0.1) is 5.92 Å². The highest BCUT2D eigenvalue weighted by atomic mass is 16.4. The van der Waals surface area contributed by atoms with Gasteiger partial charge in [-0.25, -0.2) is 4.79 Å². The molecule has 0 aromatic heterocycles. The summed E-state index contributed by atoms with van der Waals surface area (Å²) in [6.07, 6.45) is -0.450. The topological polar surface area (TPSA) is 188 Å². The Balaban J connectivity index is 2.60. The molecule has 32 heavy (non-hydrogen) atoms. The molecular weight excluding hydrogens is 420 g/mol. The summed E-state index contributed by atoms with van der Waals surface area (Å²) in [5, 5.41) is 25.0. The molecule has 0 bridgehead atoms. The third-order valence-corrected chi connectivity index (χ3v) is 4.59. The Kier molecular flexibility index (Phi) is 10.8. The second kappa shape index (κ2) is 13.1.